The van der Waals surface area contributed by atoms with E-state index >= 15 is 0 Å². The fraction of sp³-hybridized carbons (Fsp3) is 0.800. The second-order valence-corrected chi connectivity index (χ2v) is 4.30. The standard InChI is InChI=1S/C10H17N3O/c1-10(2,8-11)3-5-13-6-4-12-7-9(13)14/h12H,3-7H2,1-2H3. The van der Waals surface area contributed by atoms with Crippen molar-refractivity contribution in [2.24, 2.45) is 5.41 Å². The number of amides is 1. The Bertz CT molecular complexity index is 255. The van der Waals surface area contributed by atoms with Crippen LogP contribution in [-0.2, 0) is 4.79 Å². The van der Waals surface area contributed by atoms with Crippen molar-refractivity contribution in [1.29, 1.82) is 5.26 Å². The van der Waals surface area contributed by atoms with E-state index in [-0.39, 0.29) is 11.3 Å². The molecule has 78 valence electrons. The molecule has 0 spiro atoms. The Balaban J connectivity index is 2.37. The Morgan fingerprint density at radius 1 is 1.64 bits per heavy atom. The van der Waals surface area contributed by atoms with Gasteiger partial charge in [0.05, 0.1) is 18.0 Å². The molecule has 1 aliphatic rings. The monoisotopic (exact) mass is 195 g/mol. The number of piperazine rings is 1. The summed E-state index contributed by atoms with van der Waals surface area (Å²) >= 11 is 0. The van der Waals surface area contributed by atoms with E-state index in [1.54, 1.807) is 0 Å². The van der Waals surface area contributed by atoms with Crippen molar-refractivity contribution in [2.45, 2.75) is 20.3 Å². The molecule has 1 saturated heterocycles. The van der Waals surface area contributed by atoms with Crippen LogP contribution in [0.3, 0.4) is 0 Å². The fourth-order valence-corrected chi connectivity index (χ4v) is 1.35. The number of carbonyl (C=O) groups is 1. The molecule has 0 bridgehead atoms. The lowest BCUT2D eigenvalue weighted by Gasteiger charge is -2.29. The van der Waals surface area contributed by atoms with Crippen molar-refractivity contribution in [1.82, 2.24) is 10.2 Å². The second-order valence-electron chi connectivity index (χ2n) is 4.30. The van der Waals surface area contributed by atoms with E-state index in [1.807, 2.05) is 18.7 Å². The first-order valence-electron chi connectivity index (χ1n) is 4.95. The molecule has 1 heterocycles. The summed E-state index contributed by atoms with van der Waals surface area (Å²) in [5.74, 6) is 0.144. The van der Waals surface area contributed by atoms with Crippen LogP contribution in [0, 0.1) is 16.7 Å². The van der Waals surface area contributed by atoms with Gasteiger partial charge in [0.15, 0.2) is 0 Å². The van der Waals surface area contributed by atoms with Crippen molar-refractivity contribution in [2.75, 3.05) is 26.2 Å². The number of hydrogen-bond donors (Lipinski definition) is 1. The Hall–Kier alpha value is -1.08. The zero-order chi connectivity index (χ0) is 10.6. The summed E-state index contributed by atoms with van der Waals surface area (Å²) < 4.78 is 0. The van der Waals surface area contributed by atoms with Crippen LogP contribution in [0.1, 0.15) is 20.3 Å². The molecule has 0 radical (unpaired) electrons. The maximum Gasteiger partial charge on any atom is 0.236 e. The highest BCUT2D eigenvalue weighted by Crippen LogP contribution is 2.19. The molecule has 1 aliphatic heterocycles. The van der Waals surface area contributed by atoms with Gasteiger partial charge in [-0.05, 0) is 20.3 Å². The van der Waals surface area contributed by atoms with Gasteiger partial charge >= 0.3 is 0 Å². The third-order valence-electron chi connectivity index (χ3n) is 2.50. The zero-order valence-electron chi connectivity index (χ0n) is 8.84. The van der Waals surface area contributed by atoms with Crippen LogP contribution in [0.5, 0.6) is 0 Å². The van der Waals surface area contributed by atoms with Gasteiger partial charge in [-0.3, -0.25) is 4.79 Å². The highest BCUT2D eigenvalue weighted by molar-refractivity contribution is 5.78. The van der Waals surface area contributed by atoms with E-state index in [0.717, 1.165) is 19.5 Å². The van der Waals surface area contributed by atoms with Crippen molar-refractivity contribution < 1.29 is 4.79 Å². The van der Waals surface area contributed by atoms with E-state index in [2.05, 4.69) is 11.4 Å². The second kappa shape index (κ2) is 4.43. The fourth-order valence-electron chi connectivity index (χ4n) is 1.35. The lowest BCUT2D eigenvalue weighted by Crippen LogP contribution is -2.48. The van der Waals surface area contributed by atoms with Gasteiger partial charge in [0.2, 0.25) is 5.91 Å². The molecule has 4 heteroatoms. The summed E-state index contributed by atoms with van der Waals surface area (Å²) in [4.78, 5) is 13.2. The molecule has 4 nitrogen and oxygen atoms in total. The van der Waals surface area contributed by atoms with E-state index in [4.69, 9.17) is 5.26 Å². The molecule has 1 N–H and O–H groups in total. The molecule has 0 aromatic heterocycles. The Morgan fingerprint density at radius 3 is 2.93 bits per heavy atom. The molecule has 0 aromatic carbocycles. The van der Waals surface area contributed by atoms with Crippen molar-refractivity contribution >= 4 is 5.91 Å². The maximum absolute atomic E-state index is 11.4. The summed E-state index contributed by atoms with van der Waals surface area (Å²) in [6, 6.07) is 2.24. The minimum Gasteiger partial charge on any atom is -0.340 e. The maximum atomic E-state index is 11.4. The normalized spacial score (nSPS) is 18.1. The Labute approximate surface area is 84.9 Å². The van der Waals surface area contributed by atoms with Gasteiger partial charge in [-0.25, -0.2) is 0 Å². The lowest BCUT2D eigenvalue weighted by molar-refractivity contribution is -0.132. The Kier molecular flexibility index (Phi) is 3.48. The largest absolute Gasteiger partial charge is 0.340 e. The summed E-state index contributed by atoms with van der Waals surface area (Å²) in [6.07, 6.45) is 0.745. The minimum atomic E-state index is -0.328. The van der Waals surface area contributed by atoms with E-state index in [0.29, 0.717) is 13.1 Å². The smallest absolute Gasteiger partial charge is 0.236 e. The lowest BCUT2D eigenvalue weighted by atomic mass is 9.91. The molecular formula is C10H17N3O. The van der Waals surface area contributed by atoms with Crippen LogP contribution in [-0.4, -0.2) is 37.0 Å². The number of carbonyl (C=O) groups excluding carboxylic acids is 1. The Morgan fingerprint density at radius 2 is 2.36 bits per heavy atom. The summed E-state index contributed by atoms with van der Waals surface area (Å²) in [7, 11) is 0. The quantitative estimate of drug-likeness (QED) is 0.707. The van der Waals surface area contributed by atoms with Crippen molar-refractivity contribution in [3.05, 3.63) is 0 Å². The first-order valence-corrected chi connectivity index (χ1v) is 4.95. The summed E-state index contributed by atoms with van der Waals surface area (Å²) in [6.45, 7) is 6.56. The molecule has 0 saturated carbocycles. The predicted octanol–water partition coefficient (Wildman–Crippen LogP) is 0.358. The average Bonchev–Trinajstić information content (AvgIpc) is 2.17. The molecule has 0 aromatic rings. The third-order valence-corrected chi connectivity index (χ3v) is 2.50. The summed E-state index contributed by atoms with van der Waals surface area (Å²) in [5, 5.41) is 11.8. The van der Waals surface area contributed by atoms with Gasteiger partial charge in [0.1, 0.15) is 0 Å². The molecule has 1 amide bonds. The first kappa shape index (κ1) is 11.0. The van der Waals surface area contributed by atoms with Crippen LogP contribution >= 0.6 is 0 Å². The van der Waals surface area contributed by atoms with Gasteiger partial charge in [-0.2, -0.15) is 5.26 Å². The van der Waals surface area contributed by atoms with Crippen LogP contribution in [0.2, 0.25) is 0 Å². The molecule has 0 unspecified atom stereocenters. The molecular weight excluding hydrogens is 178 g/mol. The van der Waals surface area contributed by atoms with Crippen LogP contribution in [0.25, 0.3) is 0 Å². The number of hydrogen-bond acceptors (Lipinski definition) is 3. The molecule has 0 aliphatic carbocycles. The van der Waals surface area contributed by atoms with Gasteiger partial charge in [-0.15, -0.1) is 0 Å². The topological polar surface area (TPSA) is 56.1 Å². The van der Waals surface area contributed by atoms with E-state index in [9.17, 15) is 4.79 Å². The van der Waals surface area contributed by atoms with Gasteiger partial charge in [0.25, 0.3) is 0 Å². The van der Waals surface area contributed by atoms with E-state index < -0.39 is 0 Å². The van der Waals surface area contributed by atoms with Gasteiger partial charge in [0, 0.05) is 19.6 Å². The SMILES string of the molecule is CC(C)(C#N)CCN1CCNCC1=O. The average molecular weight is 195 g/mol. The van der Waals surface area contributed by atoms with E-state index in [1.165, 1.54) is 0 Å². The zero-order valence-corrected chi connectivity index (χ0v) is 8.84. The highest BCUT2D eigenvalue weighted by atomic mass is 16.2. The third kappa shape index (κ3) is 3.00. The number of nitriles is 1. The molecule has 1 rings (SSSR count). The van der Waals surface area contributed by atoms with Crippen molar-refractivity contribution in [3.63, 3.8) is 0 Å². The van der Waals surface area contributed by atoms with Crippen LogP contribution < -0.4 is 5.32 Å². The summed E-state index contributed by atoms with van der Waals surface area (Å²) in [5.41, 5.74) is -0.328. The molecule has 1 fully saturated rings. The highest BCUT2D eigenvalue weighted by Gasteiger charge is 2.22. The number of rotatable bonds is 3. The first-order chi connectivity index (χ1) is 6.55. The van der Waals surface area contributed by atoms with Crippen molar-refractivity contribution in [3.8, 4) is 6.07 Å². The molecule has 14 heavy (non-hydrogen) atoms. The minimum absolute atomic E-state index is 0.144. The van der Waals surface area contributed by atoms with Crippen LogP contribution in [0.15, 0.2) is 0 Å². The number of nitrogens with zero attached hydrogens (tertiary/aromatic N) is 2. The predicted molar refractivity (Wildman–Crippen MR) is 53.5 cm³/mol. The molecule has 0 atom stereocenters. The number of nitrogens with one attached hydrogen (secondary N) is 1. The van der Waals surface area contributed by atoms with Crippen LogP contribution in [0.4, 0.5) is 0 Å². The van der Waals surface area contributed by atoms with Gasteiger partial charge < -0.3 is 10.2 Å². The van der Waals surface area contributed by atoms with Gasteiger partial charge in [-0.1, -0.05) is 0 Å².